The quantitative estimate of drug-likeness (QED) is 0.0904. The van der Waals surface area contributed by atoms with Gasteiger partial charge in [-0.2, -0.15) is 0 Å². The Labute approximate surface area is 339 Å². The SMILES string of the molecule is Cc1ccc(CNC(=O)[C@H](CCCNC(N)=O)CC(=O)[C@H](CC2=CCc3ccccc32)NC(=O)[C@@H]2CCCCN2C(=O)[C@H](Cc2ccccc2)NC(=O)C2CO2)cc1. The largest absolute Gasteiger partial charge is 0.363 e. The number of rotatable bonds is 19. The molecule has 6 rings (SSSR count). The van der Waals surface area contributed by atoms with E-state index in [9.17, 15) is 28.8 Å². The molecule has 3 aliphatic rings. The molecule has 2 aliphatic heterocycles. The van der Waals surface area contributed by atoms with E-state index in [4.69, 9.17) is 10.5 Å². The summed E-state index contributed by atoms with van der Waals surface area (Å²) in [7, 11) is 0. The second-order valence-electron chi connectivity index (χ2n) is 15.5. The molecule has 2 heterocycles. The molecule has 306 valence electrons. The molecule has 0 saturated carbocycles. The molecule has 0 radical (unpaired) electrons. The van der Waals surface area contributed by atoms with Gasteiger partial charge in [0.1, 0.15) is 12.1 Å². The van der Waals surface area contributed by atoms with Crippen LogP contribution in [0.2, 0.25) is 0 Å². The number of nitrogens with one attached hydrogen (secondary N) is 4. The fourth-order valence-electron chi connectivity index (χ4n) is 7.77. The molecule has 5 atom stereocenters. The van der Waals surface area contributed by atoms with Gasteiger partial charge in [-0.3, -0.25) is 24.0 Å². The van der Waals surface area contributed by atoms with E-state index in [0.717, 1.165) is 33.4 Å². The van der Waals surface area contributed by atoms with E-state index < -0.39 is 42.1 Å². The van der Waals surface area contributed by atoms with E-state index in [2.05, 4.69) is 27.3 Å². The number of allylic oxidation sites excluding steroid dienone is 1. The Morgan fingerprint density at radius 2 is 1.55 bits per heavy atom. The molecule has 0 aromatic heterocycles. The summed E-state index contributed by atoms with van der Waals surface area (Å²) in [6, 6.07) is 21.6. The second-order valence-corrected chi connectivity index (χ2v) is 15.5. The minimum atomic E-state index is -0.994. The number of hydrogen-bond donors (Lipinski definition) is 5. The van der Waals surface area contributed by atoms with Crippen LogP contribution in [0.5, 0.6) is 0 Å². The van der Waals surface area contributed by atoms with Gasteiger partial charge in [-0.1, -0.05) is 90.5 Å². The molecule has 2 saturated heterocycles. The van der Waals surface area contributed by atoms with Crippen LogP contribution in [0.1, 0.15) is 72.8 Å². The number of epoxide rings is 1. The van der Waals surface area contributed by atoms with E-state index in [-0.39, 0.29) is 55.9 Å². The van der Waals surface area contributed by atoms with Gasteiger partial charge in [0.2, 0.25) is 17.7 Å². The van der Waals surface area contributed by atoms with Gasteiger partial charge in [0.05, 0.1) is 12.6 Å². The van der Waals surface area contributed by atoms with Gasteiger partial charge in [0.25, 0.3) is 5.91 Å². The first-order valence-corrected chi connectivity index (χ1v) is 20.3. The van der Waals surface area contributed by atoms with Crippen molar-refractivity contribution in [2.45, 2.75) is 95.5 Å². The van der Waals surface area contributed by atoms with Crippen molar-refractivity contribution in [1.29, 1.82) is 0 Å². The molecule has 0 bridgehead atoms. The Bertz CT molecular complexity index is 1980. The van der Waals surface area contributed by atoms with Gasteiger partial charge in [0.15, 0.2) is 11.9 Å². The number of amides is 6. The molecule has 1 aliphatic carbocycles. The van der Waals surface area contributed by atoms with Crippen LogP contribution in [0.15, 0.2) is 84.9 Å². The third-order valence-electron chi connectivity index (χ3n) is 11.1. The third-order valence-corrected chi connectivity index (χ3v) is 11.1. The number of primary amides is 1. The number of carbonyl (C=O) groups is 6. The summed E-state index contributed by atoms with van der Waals surface area (Å²) in [5.41, 5.74) is 11.2. The summed E-state index contributed by atoms with van der Waals surface area (Å²) in [6.07, 6.45) is 4.92. The molecule has 0 spiro atoms. The highest BCUT2D eigenvalue weighted by Crippen LogP contribution is 2.32. The molecule has 3 aromatic carbocycles. The number of hydrogen-bond acceptors (Lipinski definition) is 7. The van der Waals surface area contributed by atoms with Crippen molar-refractivity contribution in [2.75, 3.05) is 19.7 Å². The van der Waals surface area contributed by atoms with Crippen molar-refractivity contribution in [2.24, 2.45) is 11.7 Å². The molecule has 13 nitrogen and oxygen atoms in total. The first-order chi connectivity index (χ1) is 28.0. The Morgan fingerprint density at radius 3 is 2.29 bits per heavy atom. The monoisotopic (exact) mass is 790 g/mol. The predicted octanol–water partition coefficient (Wildman–Crippen LogP) is 3.66. The maximum Gasteiger partial charge on any atom is 0.312 e. The number of nitrogens with zero attached hydrogens (tertiary/aromatic N) is 1. The van der Waals surface area contributed by atoms with E-state index in [1.54, 1.807) is 4.90 Å². The first kappa shape index (κ1) is 41.8. The van der Waals surface area contributed by atoms with Crippen LogP contribution in [-0.2, 0) is 48.1 Å². The van der Waals surface area contributed by atoms with Crippen molar-refractivity contribution in [3.63, 3.8) is 0 Å². The van der Waals surface area contributed by atoms with E-state index in [0.29, 0.717) is 51.7 Å². The highest BCUT2D eigenvalue weighted by Gasteiger charge is 2.40. The predicted molar refractivity (Wildman–Crippen MR) is 219 cm³/mol. The fraction of sp³-hybridized carbons (Fsp3) is 0.422. The summed E-state index contributed by atoms with van der Waals surface area (Å²) in [6.45, 7) is 3.11. The van der Waals surface area contributed by atoms with E-state index in [1.165, 1.54) is 0 Å². The molecule has 6 N–H and O–H groups in total. The number of urea groups is 1. The molecule has 6 amide bonds. The number of likely N-dealkylation sites (tertiary alicyclic amines) is 1. The Balaban J connectivity index is 1.21. The Kier molecular flexibility index (Phi) is 14.4. The fourth-order valence-corrected chi connectivity index (χ4v) is 7.77. The number of nitrogens with two attached hydrogens (primary N) is 1. The van der Waals surface area contributed by atoms with Crippen LogP contribution in [-0.4, -0.2) is 84.3 Å². The molecular formula is C45H54N6O7. The van der Waals surface area contributed by atoms with Crippen LogP contribution in [0.3, 0.4) is 0 Å². The Morgan fingerprint density at radius 1 is 0.828 bits per heavy atom. The van der Waals surface area contributed by atoms with Crippen molar-refractivity contribution in [1.82, 2.24) is 26.2 Å². The van der Waals surface area contributed by atoms with Crippen molar-refractivity contribution in [3.8, 4) is 0 Å². The minimum Gasteiger partial charge on any atom is -0.363 e. The lowest BCUT2D eigenvalue weighted by Crippen LogP contribution is -2.59. The topological polar surface area (TPSA) is 192 Å². The molecule has 58 heavy (non-hydrogen) atoms. The van der Waals surface area contributed by atoms with Gasteiger partial charge in [-0.05, 0) is 73.3 Å². The normalized spacial score (nSPS) is 18.4. The maximum absolute atomic E-state index is 14.5. The number of Topliss-reactive ketones (excluding diaryl/α,β-unsaturated/α-hetero) is 1. The third kappa shape index (κ3) is 11.6. The summed E-state index contributed by atoms with van der Waals surface area (Å²) < 4.78 is 5.18. The lowest BCUT2D eigenvalue weighted by Gasteiger charge is -2.37. The molecule has 3 aromatic rings. The van der Waals surface area contributed by atoms with Gasteiger partial charge in [0, 0.05) is 44.8 Å². The van der Waals surface area contributed by atoms with Gasteiger partial charge < -0.3 is 36.6 Å². The van der Waals surface area contributed by atoms with Crippen LogP contribution < -0.4 is 27.0 Å². The number of carbonyl (C=O) groups excluding carboxylic acids is 6. The number of ketones is 1. The average molecular weight is 791 g/mol. The van der Waals surface area contributed by atoms with Crippen molar-refractivity contribution in [3.05, 3.63) is 113 Å². The van der Waals surface area contributed by atoms with Crippen LogP contribution in [0, 0.1) is 12.8 Å². The summed E-state index contributed by atoms with van der Waals surface area (Å²) in [5, 5.41) is 11.4. The van der Waals surface area contributed by atoms with Gasteiger partial charge >= 0.3 is 6.03 Å². The van der Waals surface area contributed by atoms with Gasteiger partial charge in [-0.15, -0.1) is 0 Å². The number of aryl methyl sites for hydroxylation is 1. The zero-order chi connectivity index (χ0) is 41.0. The number of ether oxygens (including phenoxy) is 1. The van der Waals surface area contributed by atoms with Crippen LogP contribution >= 0.6 is 0 Å². The zero-order valence-electron chi connectivity index (χ0n) is 33.0. The summed E-state index contributed by atoms with van der Waals surface area (Å²) in [5.74, 6) is -2.57. The highest BCUT2D eigenvalue weighted by atomic mass is 16.6. The average Bonchev–Trinajstić information content (AvgIpc) is 4.01. The highest BCUT2D eigenvalue weighted by molar-refractivity contribution is 5.97. The minimum absolute atomic E-state index is 0.155. The lowest BCUT2D eigenvalue weighted by atomic mass is 9.89. The van der Waals surface area contributed by atoms with Crippen molar-refractivity contribution < 1.29 is 33.5 Å². The maximum atomic E-state index is 14.5. The number of piperidine rings is 1. The molecule has 1 unspecified atom stereocenters. The van der Waals surface area contributed by atoms with E-state index >= 15 is 0 Å². The van der Waals surface area contributed by atoms with Crippen molar-refractivity contribution >= 4 is 41.0 Å². The standard InChI is InChI=1S/C45H54N6O7/c1-29-16-18-31(19-17-29)27-48-41(53)34(13-9-22-47-45(46)57)26-39(52)36(25-33-21-20-32-12-5-6-14-35(32)33)49-42(54)38-15-7-8-23-51(38)44(56)37(50-43(55)40-28-58-40)24-30-10-3-2-4-11-30/h2-6,10-12,14,16-19,21,34,36-38,40H,7-9,13,15,20,22-28H2,1H3,(H,48,53)(H,49,54)(H,50,55)(H3,46,47,57)/t34-,36+,37+,38+,40?/m1/s1. The molecular weight excluding hydrogens is 737 g/mol. The lowest BCUT2D eigenvalue weighted by molar-refractivity contribution is -0.145. The number of fused-ring (bicyclic) bond motifs is 1. The first-order valence-electron chi connectivity index (χ1n) is 20.3. The van der Waals surface area contributed by atoms with Gasteiger partial charge in [-0.25, -0.2) is 4.79 Å². The number of benzene rings is 3. The Hall–Kier alpha value is -5.82. The van der Waals surface area contributed by atoms with E-state index in [1.807, 2.05) is 85.8 Å². The summed E-state index contributed by atoms with van der Waals surface area (Å²) in [4.78, 5) is 82.8. The smallest absolute Gasteiger partial charge is 0.312 e. The molecule has 2 fully saturated rings. The molecule has 13 heteroatoms. The second kappa shape index (κ2) is 20.0. The van der Waals surface area contributed by atoms with Crippen LogP contribution in [0.4, 0.5) is 4.79 Å². The summed E-state index contributed by atoms with van der Waals surface area (Å²) >= 11 is 0. The van der Waals surface area contributed by atoms with Crippen LogP contribution in [0.25, 0.3) is 5.57 Å². The zero-order valence-corrected chi connectivity index (χ0v) is 33.0.